The molecule has 0 saturated heterocycles. The van der Waals surface area contributed by atoms with Crippen LogP contribution in [-0.4, -0.2) is 6.54 Å². The van der Waals surface area contributed by atoms with Crippen molar-refractivity contribution in [1.29, 1.82) is 0 Å². The normalized spacial score (nSPS) is 10.4. The van der Waals surface area contributed by atoms with E-state index in [1.807, 2.05) is 42.5 Å². The van der Waals surface area contributed by atoms with E-state index in [0.29, 0.717) is 11.6 Å². The Morgan fingerprint density at radius 2 is 1.72 bits per heavy atom. The van der Waals surface area contributed by atoms with Crippen LogP contribution in [0.25, 0.3) is 0 Å². The van der Waals surface area contributed by atoms with Gasteiger partial charge in [-0.1, -0.05) is 33.6 Å². The maximum Gasteiger partial charge on any atom is 0.128 e. The zero-order chi connectivity index (χ0) is 13.0. The monoisotopic (exact) mass is 325 g/mol. The van der Waals surface area contributed by atoms with Gasteiger partial charge in [0.1, 0.15) is 11.5 Å². The maximum absolute atomic E-state index is 6.16. The highest BCUT2D eigenvalue weighted by atomic mass is 79.9. The van der Waals surface area contributed by atoms with Crippen LogP contribution in [0.15, 0.2) is 46.9 Å². The van der Waals surface area contributed by atoms with Crippen LogP contribution in [0, 0.1) is 0 Å². The molecule has 2 rings (SSSR count). The average molecular weight is 327 g/mol. The Hall–Kier alpha value is -1.03. The molecule has 0 amide bonds. The van der Waals surface area contributed by atoms with E-state index in [1.54, 1.807) is 0 Å². The predicted molar refractivity (Wildman–Crippen MR) is 78.4 cm³/mol. The Morgan fingerprint density at radius 3 is 2.33 bits per heavy atom. The highest BCUT2D eigenvalue weighted by Crippen LogP contribution is 2.27. The van der Waals surface area contributed by atoms with E-state index >= 15 is 0 Å². The Morgan fingerprint density at radius 1 is 1.06 bits per heavy atom. The largest absolute Gasteiger partial charge is 0.457 e. The summed E-state index contributed by atoms with van der Waals surface area (Å²) in [6.45, 7) is 0.590. The predicted octanol–water partition coefficient (Wildman–Crippen LogP) is 4.40. The summed E-state index contributed by atoms with van der Waals surface area (Å²) in [4.78, 5) is 0. The molecule has 0 fully saturated rings. The van der Waals surface area contributed by atoms with Crippen LogP contribution in [0.3, 0.4) is 0 Å². The Balaban J connectivity index is 2.14. The molecule has 0 radical (unpaired) electrons. The fourth-order valence-corrected chi connectivity index (χ4v) is 2.12. The lowest BCUT2D eigenvalue weighted by atomic mass is 10.1. The average Bonchev–Trinajstić information content (AvgIpc) is 2.36. The first-order valence-corrected chi connectivity index (χ1v) is 6.78. The van der Waals surface area contributed by atoms with E-state index in [-0.39, 0.29) is 0 Å². The van der Waals surface area contributed by atoms with Gasteiger partial charge in [-0.3, -0.25) is 0 Å². The smallest absolute Gasteiger partial charge is 0.128 e. The number of ether oxygens (including phenoxy) is 1. The lowest BCUT2D eigenvalue weighted by molar-refractivity contribution is 0.482. The number of hydrogen-bond donors (Lipinski definition) is 1. The van der Waals surface area contributed by atoms with E-state index in [0.717, 1.165) is 28.0 Å². The molecule has 0 aliphatic heterocycles. The van der Waals surface area contributed by atoms with Crippen molar-refractivity contribution < 1.29 is 4.74 Å². The molecule has 4 heteroatoms. The molecule has 0 aliphatic rings. The fraction of sp³-hybridized carbons (Fsp3) is 0.143. The number of hydrogen-bond acceptors (Lipinski definition) is 2. The van der Waals surface area contributed by atoms with Crippen LogP contribution in [0.4, 0.5) is 0 Å². The van der Waals surface area contributed by atoms with Crippen molar-refractivity contribution in [3.63, 3.8) is 0 Å². The van der Waals surface area contributed by atoms with Crippen molar-refractivity contribution in [2.24, 2.45) is 5.73 Å². The first-order valence-electron chi connectivity index (χ1n) is 5.61. The first-order chi connectivity index (χ1) is 8.69. The van der Waals surface area contributed by atoms with Crippen LogP contribution in [0.1, 0.15) is 5.56 Å². The second-order valence-corrected chi connectivity index (χ2v) is 5.17. The molecule has 0 aromatic heterocycles. The molecule has 0 aliphatic carbocycles. The number of nitrogens with two attached hydrogens (primary N) is 1. The number of halogens is 2. The molecule has 2 N–H and O–H groups in total. The van der Waals surface area contributed by atoms with Crippen molar-refractivity contribution in [3.8, 4) is 11.5 Å². The van der Waals surface area contributed by atoms with Gasteiger partial charge in [0.2, 0.25) is 0 Å². The van der Waals surface area contributed by atoms with Gasteiger partial charge >= 0.3 is 0 Å². The van der Waals surface area contributed by atoms with Gasteiger partial charge in [0, 0.05) is 9.50 Å². The standard InChI is InChI=1S/C14H13BrClNO/c15-11-2-5-12(6-3-11)18-13-4-1-10(7-8-17)14(16)9-13/h1-6,9H,7-8,17H2. The van der Waals surface area contributed by atoms with Crippen LogP contribution in [0.2, 0.25) is 5.02 Å². The van der Waals surface area contributed by atoms with Crippen LogP contribution in [0.5, 0.6) is 11.5 Å². The molecule has 0 saturated carbocycles. The third-order valence-corrected chi connectivity index (χ3v) is 3.37. The summed E-state index contributed by atoms with van der Waals surface area (Å²) in [7, 11) is 0. The van der Waals surface area contributed by atoms with Crippen LogP contribution in [-0.2, 0) is 6.42 Å². The summed E-state index contributed by atoms with van der Waals surface area (Å²) >= 11 is 9.54. The molecule has 2 aromatic rings. The van der Waals surface area contributed by atoms with Gasteiger partial charge in [0.25, 0.3) is 0 Å². The molecule has 0 heterocycles. The first kappa shape index (κ1) is 13.4. The van der Waals surface area contributed by atoms with E-state index in [1.165, 1.54) is 0 Å². The molecule has 18 heavy (non-hydrogen) atoms. The number of rotatable bonds is 4. The lowest BCUT2D eigenvalue weighted by Crippen LogP contribution is -2.03. The minimum atomic E-state index is 0.590. The van der Waals surface area contributed by atoms with E-state index < -0.39 is 0 Å². The van der Waals surface area contributed by atoms with Gasteiger partial charge < -0.3 is 10.5 Å². The van der Waals surface area contributed by atoms with E-state index in [4.69, 9.17) is 22.1 Å². The molecule has 0 spiro atoms. The van der Waals surface area contributed by atoms with Gasteiger partial charge in [-0.2, -0.15) is 0 Å². The minimum absolute atomic E-state index is 0.590. The Kier molecular flexibility index (Phi) is 4.64. The summed E-state index contributed by atoms with van der Waals surface area (Å²) in [6.07, 6.45) is 0.775. The summed E-state index contributed by atoms with van der Waals surface area (Å²) in [5.74, 6) is 1.50. The zero-order valence-corrected chi connectivity index (χ0v) is 12.0. The van der Waals surface area contributed by atoms with Crippen molar-refractivity contribution in [1.82, 2.24) is 0 Å². The van der Waals surface area contributed by atoms with Crippen molar-refractivity contribution in [2.75, 3.05) is 6.54 Å². The van der Waals surface area contributed by atoms with Gasteiger partial charge in [-0.15, -0.1) is 0 Å². The Bertz CT molecular complexity index is 528. The maximum atomic E-state index is 6.16. The molecule has 0 unspecified atom stereocenters. The summed E-state index contributed by atoms with van der Waals surface area (Å²) in [5.41, 5.74) is 6.55. The molecule has 2 aromatic carbocycles. The van der Waals surface area contributed by atoms with Gasteiger partial charge in [-0.05, 0) is 54.9 Å². The SMILES string of the molecule is NCCc1ccc(Oc2ccc(Br)cc2)cc1Cl. The molecule has 94 valence electrons. The van der Waals surface area contributed by atoms with Gasteiger partial charge in [0.05, 0.1) is 0 Å². The third-order valence-electron chi connectivity index (χ3n) is 2.49. The molecule has 0 bridgehead atoms. The van der Waals surface area contributed by atoms with Crippen LogP contribution < -0.4 is 10.5 Å². The highest BCUT2D eigenvalue weighted by molar-refractivity contribution is 9.10. The Labute approximate surface area is 120 Å². The topological polar surface area (TPSA) is 35.2 Å². The zero-order valence-electron chi connectivity index (χ0n) is 9.70. The van der Waals surface area contributed by atoms with Crippen molar-refractivity contribution in [2.45, 2.75) is 6.42 Å². The van der Waals surface area contributed by atoms with Crippen LogP contribution >= 0.6 is 27.5 Å². The molecule has 0 atom stereocenters. The quantitative estimate of drug-likeness (QED) is 0.904. The summed E-state index contributed by atoms with van der Waals surface area (Å²) in [5, 5.41) is 0.690. The third kappa shape index (κ3) is 3.48. The number of benzene rings is 2. The molecular weight excluding hydrogens is 314 g/mol. The molecule has 2 nitrogen and oxygen atoms in total. The minimum Gasteiger partial charge on any atom is -0.457 e. The fourth-order valence-electron chi connectivity index (χ4n) is 1.59. The highest BCUT2D eigenvalue weighted by Gasteiger charge is 2.03. The second kappa shape index (κ2) is 6.23. The summed E-state index contributed by atoms with van der Waals surface area (Å²) < 4.78 is 6.73. The molecular formula is C14H13BrClNO. The second-order valence-electron chi connectivity index (χ2n) is 3.85. The lowest BCUT2D eigenvalue weighted by Gasteiger charge is -2.08. The summed E-state index contributed by atoms with van der Waals surface area (Å²) in [6, 6.07) is 13.3. The van der Waals surface area contributed by atoms with Crippen molar-refractivity contribution in [3.05, 3.63) is 57.5 Å². The van der Waals surface area contributed by atoms with E-state index in [2.05, 4.69) is 15.9 Å². The van der Waals surface area contributed by atoms with Crippen molar-refractivity contribution >= 4 is 27.5 Å². The van der Waals surface area contributed by atoms with Gasteiger partial charge in [-0.25, -0.2) is 0 Å². The van der Waals surface area contributed by atoms with E-state index in [9.17, 15) is 0 Å². The van der Waals surface area contributed by atoms with Gasteiger partial charge in [0.15, 0.2) is 0 Å².